The van der Waals surface area contributed by atoms with Gasteiger partial charge in [0, 0.05) is 21.5 Å². The van der Waals surface area contributed by atoms with E-state index in [9.17, 15) is 9.59 Å². The first kappa shape index (κ1) is 17.5. The second kappa shape index (κ2) is 7.72. The SMILES string of the molecule is O=C(COc1ccccc1Cl)OCc1cc(=O)oc2cc(Br)ccc12. The molecule has 0 aliphatic carbocycles. The standard InChI is InChI=1S/C18H12BrClO5/c19-12-5-6-13-11(7-17(21)25-16(13)8-12)9-24-18(22)10-23-15-4-2-1-3-14(15)20/h1-8H,9-10H2. The van der Waals surface area contributed by atoms with Crippen LogP contribution in [0.25, 0.3) is 11.0 Å². The smallest absolute Gasteiger partial charge is 0.344 e. The molecule has 0 bridgehead atoms. The van der Waals surface area contributed by atoms with Gasteiger partial charge in [0.15, 0.2) is 6.61 Å². The number of halogens is 2. The van der Waals surface area contributed by atoms with E-state index in [-0.39, 0.29) is 13.2 Å². The van der Waals surface area contributed by atoms with E-state index in [1.807, 2.05) is 6.07 Å². The van der Waals surface area contributed by atoms with Crippen molar-refractivity contribution in [2.24, 2.45) is 0 Å². The predicted molar refractivity (Wildman–Crippen MR) is 96.9 cm³/mol. The average molecular weight is 424 g/mol. The van der Waals surface area contributed by atoms with Crippen molar-refractivity contribution in [3.05, 3.63) is 74.0 Å². The van der Waals surface area contributed by atoms with Crippen LogP contribution in [0.2, 0.25) is 5.02 Å². The largest absolute Gasteiger partial charge is 0.480 e. The summed E-state index contributed by atoms with van der Waals surface area (Å²) in [7, 11) is 0. The van der Waals surface area contributed by atoms with Gasteiger partial charge in [0.1, 0.15) is 17.9 Å². The Morgan fingerprint density at radius 3 is 2.76 bits per heavy atom. The third kappa shape index (κ3) is 4.41. The fourth-order valence-corrected chi connectivity index (χ4v) is 2.75. The van der Waals surface area contributed by atoms with Crippen molar-refractivity contribution in [3.63, 3.8) is 0 Å². The number of hydrogen-bond acceptors (Lipinski definition) is 5. The summed E-state index contributed by atoms with van der Waals surface area (Å²) in [4.78, 5) is 23.5. The summed E-state index contributed by atoms with van der Waals surface area (Å²) < 4.78 is 16.4. The van der Waals surface area contributed by atoms with E-state index in [0.29, 0.717) is 27.3 Å². The molecule has 0 aliphatic rings. The number of para-hydroxylation sites is 1. The fraction of sp³-hybridized carbons (Fsp3) is 0.111. The van der Waals surface area contributed by atoms with Gasteiger partial charge in [-0.05, 0) is 30.3 Å². The lowest BCUT2D eigenvalue weighted by molar-refractivity contribution is -0.147. The highest BCUT2D eigenvalue weighted by Crippen LogP contribution is 2.24. The minimum absolute atomic E-state index is 0.0611. The number of carbonyl (C=O) groups excluding carboxylic acids is 1. The van der Waals surface area contributed by atoms with E-state index in [0.717, 1.165) is 4.47 Å². The summed E-state index contributed by atoms with van der Waals surface area (Å²) in [6.07, 6.45) is 0. The number of rotatable bonds is 5. The molecule has 1 aromatic heterocycles. The number of fused-ring (bicyclic) bond motifs is 1. The summed E-state index contributed by atoms with van der Waals surface area (Å²) in [5.41, 5.74) is 0.467. The minimum atomic E-state index is -0.571. The first-order valence-corrected chi connectivity index (χ1v) is 8.45. The quantitative estimate of drug-likeness (QED) is 0.451. The molecular weight excluding hydrogens is 412 g/mol. The monoisotopic (exact) mass is 422 g/mol. The molecule has 0 unspecified atom stereocenters. The van der Waals surface area contributed by atoms with Gasteiger partial charge in [-0.2, -0.15) is 0 Å². The zero-order valence-electron chi connectivity index (χ0n) is 12.8. The lowest BCUT2D eigenvalue weighted by atomic mass is 10.1. The van der Waals surface area contributed by atoms with E-state index in [4.69, 9.17) is 25.5 Å². The Morgan fingerprint density at radius 2 is 1.96 bits per heavy atom. The zero-order valence-corrected chi connectivity index (χ0v) is 15.2. The van der Waals surface area contributed by atoms with Crippen molar-refractivity contribution in [1.29, 1.82) is 0 Å². The summed E-state index contributed by atoms with van der Waals surface area (Å²) in [6, 6.07) is 13.4. The molecule has 5 nitrogen and oxygen atoms in total. The molecule has 0 spiro atoms. The molecule has 128 valence electrons. The Kier molecular flexibility index (Phi) is 5.40. The Labute approximate surface area is 156 Å². The van der Waals surface area contributed by atoms with Gasteiger partial charge < -0.3 is 13.9 Å². The molecule has 25 heavy (non-hydrogen) atoms. The molecule has 3 rings (SSSR count). The third-order valence-corrected chi connectivity index (χ3v) is 4.17. The van der Waals surface area contributed by atoms with Crippen LogP contribution in [0, 0.1) is 0 Å². The van der Waals surface area contributed by atoms with Gasteiger partial charge in [-0.25, -0.2) is 9.59 Å². The first-order chi connectivity index (χ1) is 12.0. The van der Waals surface area contributed by atoms with Crippen molar-refractivity contribution in [2.45, 2.75) is 6.61 Å². The maximum atomic E-state index is 11.9. The van der Waals surface area contributed by atoms with Crippen LogP contribution in [0.3, 0.4) is 0 Å². The second-order valence-corrected chi connectivity index (χ2v) is 6.43. The number of benzene rings is 2. The molecule has 0 amide bonds. The van der Waals surface area contributed by atoms with E-state index in [1.54, 1.807) is 36.4 Å². The summed E-state index contributed by atoms with van der Waals surface area (Å²) >= 11 is 9.27. The molecule has 0 saturated carbocycles. The molecule has 3 aromatic rings. The van der Waals surface area contributed by atoms with Crippen LogP contribution in [-0.4, -0.2) is 12.6 Å². The molecule has 0 fully saturated rings. The van der Waals surface area contributed by atoms with Gasteiger partial charge in [-0.15, -0.1) is 0 Å². The van der Waals surface area contributed by atoms with Crippen LogP contribution in [-0.2, 0) is 16.1 Å². The molecule has 1 heterocycles. The van der Waals surface area contributed by atoms with Crippen LogP contribution in [0.1, 0.15) is 5.56 Å². The predicted octanol–water partition coefficient (Wildman–Crippen LogP) is 4.33. The van der Waals surface area contributed by atoms with Gasteiger partial charge in [0.05, 0.1) is 5.02 Å². The molecule has 0 N–H and O–H groups in total. The zero-order chi connectivity index (χ0) is 17.8. The first-order valence-electron chi connectivity index (χ1n) is 7.28. The van der Waals surface area contributed by atoms with E-state index in [1.165, 1.54) is 6.07 Å². The third-order valence-electron chi connectivity index (χ3n) is 3.36. The summed E-state index contributed by atoms with van der Waals surface area (Å²) in [6.45, 7) is -0.344. The molecule has 0 aliphatic heterocycles. The van der Waals surface area contributed by atoms with Crippen LogP contribution in [0.15, 0.2) is 62.2 Å². The highest BCUT2D eigenvalue weighted by atomic mass is 79.9. The van der Waals surface area contributed by atoms with E-state index >= 15 is 0 Å². The summed E-state index contributed by atoms with van der Waals surface area (Å²) in [5, 5.41) is 1.11. The van der Waals surface area contributed by atoms with Gasteiger partial charge in [0.2, 0.25) is 0 Å². The summed E-state index contributed by atoms with van der Waals surface area (Å²) in [5.74, 6) is -0.171. The van der Waals surface area contributed by atoms with Crippen LogP contribution < -0.4 is 10.4 Å². The van der Waals surface area contributed by atoms with E-state index in [2.05, 4.69) is 15.9 Å². The number of esters is 1. The molecular formula is C18H12BrClO5. The topological polar surface area (TPSA) is 65.7 Å². The molecule has 0 radical (unpaired) electrons. The van der Waals surface area contributed by atoms with E-state index < -0.39 is 11.6 Å². The lowest BCUT2D eigenvalue weighted by Gasteiger charge is -2.09. The minimum Gasteiger partial charge on any atom is -0.480 e. The molecule has 7 heteroatoms. The Bertz CT molecular complexity index is 983. The highest BCUT2D eigenvalue weighted by molar-refractivity contribution is 9.10. The van der Waals surface area contributed by atoms with Crippen LogP contribution in [0.5, 0.6) is 5.75 Å². The maximum Gasteiger partial charge on any atom is 0.344 e. The van der Waals surface area contributed by atoms with Crippen molar-refractivity contribution in [3.8, 4) is 5.75 Å². The van der Waals surface area contributed by atoms with Crippen molar-refractivity contribution in [2.75, 3.05) is 6.61 Å². The Hall–Kier alpha value is -2.31. The average Bonchev–Trinajstić information content (AvgIpc) is 2.58. The maximum absolute atomic E-state index is 11.9. The highest BCUT2D eigenvalue weighted by Gasteiger charge is 2.11. The van der Waals surface area contributed by atoms with Crippen LogP contribution >= 0.6 is 27.5 Å². The van der Waals surface area contributed by atoms with Crippen LogP contribution in [0.4, 0.5) is 0 Å². The number of ether oxygens (including phenoxy) is 2. The normalized spacial score (nSPS) is 10.6. The van der Waals surface area contributed by atoms with Gasteiger partial charge in [-0.3, -0.25) is 0 Å². The fourth-order valence-electron chi connectivity index (χ4n) is 2.22. The second-order valence-electron chi connectivity index (χ2n) is 5.11. The Morgan fingerprint density at radius 1 is 1.16 bits per heavy atom. The van der Waals surface area contributed by atoms with Crippen molar-refractivity contribution >= 4 is 44.5 Å². The number of carbonyl (C=O) groups is 1. The molecule has 0 saturated heterocycles. The van der Waals surface area contributed by atoms with Gasteiger partial charge in [-0.1, -0.05) is 39.7 Å². The lowest BCUT2D eigenvalue weighted by Crippen LogP contribution is -2.15. The molecule has 0 atom stereocenters. The molecule has 2 aromatic carbocycles. The van der Waals surface area contributed by atoms with Crippen molar-refractivity contribution < 1.29 is 18.7 Å². The van der Waals surface area contributed by atoms with Gasteiger partial charge >= 0.3 is 11.6 Å². The van der Waals surface area contributed by atoms with Crippen molar-refractivity contribution in [1.82, 2.24) is 0 Å². The number of hydrogen-bond donors (Lipinski definition) is 0. The Balaban J connectivity index is 1.67. The van der Waals surface area contributed by atoms with Gasteiger partial charge in [0.25, 0.3) is 0 Å².